The van der Waals surface area contributed by atoms with Gasteiger partial charge in [0.2, 0.25) is 0 Å². The Hall–Kier alpha value is -1.92. The Balaban J connectivity index is 1.95. The quantitative estimate of drug-likeness (QED) is 0.805. The summed E-state index contributed by atoms with van der Waals surface area (Å²) >= 11 is 0. The molecule has 20 heavy (non-hydrogen) atoms. The number of benzene rings is 1. The summed E-state index contributed by atoms with van der Waals surface area (Å²) in [4.78, 5) is 23.2. The molecule has 1 heterocycles. The maximum atomic E-state index is 11.9. The van der Waals surface area contributed by atoms with Crippen molar-refractivity contribution in [3.63, 3.8) is 0 Å². The third-order valence-electron chi connectivity index (χ3n) is 3.01. The second kappa shape index (κ2) is 7.02. The lowest BCUT2D eigenvalue weighted by Gasteiger charge is -2.24. The van der Waals surface area contributed by atoms with Gasteiger partial charge in [0.25, 0.3) is 5.91 Å². The Bertz CT molecular complexity index is 456. The van der Waals surface area contributed by atoms with Gasteiger partial charge in [0.15, 0.2) is 6.10 Å². The Morgan fingerprint density at radius 3 is 2.65 bits per heavy atom. The molecule has 1 aromatic rings. The summed E-state index contributed by atoms with van der Waals surface area (Å²) in [5.74, 6) is -1.52. The average molecular weight is 279 g/mol. The van der Waals surface area contributed by atoms with Gasteiger partial charge in [-0.05, 0) is 5.56 Å². The van der Waals surface area contributed by atoms with E-state index in [9.17, 15) is 14.7 Å². The van der Waals surface area contributed by atoms with Crippen LogP contribution in [0.5, 0.6) is 0 Å². The Morgan fingerprint density at radius 1 is 1.30 bits per heavy atom. The highest BCUT2D eigenvalue weighted by atomic mass is 16.6. The Morgan fingerprint density at radius 2 is 2.05 bits per heavy atom. The van der Waals surface area contributed by atoms with Gasteiger partial charge >= 0.3 is 5.97 Å². The fourth-order valence-corrected chi connectivity index (χ4v) is 1.95. The van der Waals surface area contributed by atoms with Crippen LogP contribution >= 0.6 is 0 Å². The van der Waals surface area contributed by atoms with Crippen molar-refractivity contribution in [2.75, 3.05) is 19.8 Å². The first-order chi connectivity index (χ1) is 9.66. The summed E-state index contributed by atoms with van der Waals surface area (Å²) in [6, 6.07) is 8.17. The minimum absolute atomic E-state index is 0.156. The molecule has 1 aliphatic heterocycles. The molecule has 0 radical (unpaired) electrons. The lowest BCUT2D eigenvalue weighted by Crippen LogP contribution is -2.50. The summed E-state index contributed by atoms with van der Waals surface area (Å²) < 4.78 is 10.4. The molecule has 1 saturated heterocycles. The van der Waals surface area contributed by atoms with Gasteiger partial charge in [-0.1, -0.05) is 30.3 Å². The summed E-state index contributed by atoms with van der Waals surface area (Å²) in [7, 11) is 0. The number of nitrogens with one attached hydrogen (secondary N) is 1. The van der Waals surface area contributed by atoms with Gasteiger partial charge in [-0.2, -0.15) is 0 Å². The zero-order valence-corrected chi connectivity index (χ0v) is 11.0. The van der Waals surface area contributed by atoms with E-state index in [4.69, 9.17) is 9.47 Å². The molecular weight excluding hydrogens is 262 g/mol. The summed E-state index contributed by atoms with van der Waals surface area (Å²) in [6.45, 7) is 0.953. The van der Waals surface area contributed by atoms with Crippen molar-refractivity contribution in [1.82, 2.24) is 5.32 Å². The van der Waals surface area contributed by atoms with Crippen LogP contribution in [0, 0.1) is 0 Å². The van der Waals surface area contributed by atoms with Gasteiger partial charge in [0.05, 0.1) is 19.8 Å². The van der Waals surface area contributed by atoms with Gasteiger partial charge < -0.3 is 19.9 Å². The van der Waals surface area contributed by atoms with E-state index in [0.717, 1.165) is 5.56 Å². The number of carbonyl (C=O) groups excluding carboxylic acids is 1. The zero-order valence-electron chi connectivity index (χ0n) is 11.0. The van der Waals surface area contributed by atoms with E-state index < -0.39 is 24.0 Å². The number of carbonyl (C=O) groups is 2. The van der Waals surface area contributed by atoms with Crippen LogP contribution in [0.2, 0.25) is 0 Å². The zero-order chi connectivity index (χ0) is 14.4. The number of ether oxygens (including phenoxy) is 2. The topological polar surface area (TPSA) is 84.9 Å². The number of carboxylic acid groups (broad SMARTS) is 1. The lowest BCUT2D eigenvalue weighted by atomic mass is 10.1. The highest BCUT2D eigenvalue weighted by Gasteiger charge is 2.27. The van der Waals surface area contributed by atoms with Crippen LogP contribution < -0.4 is 5.32 Å². The maximum absolute atomic E-state index is 11.9. The molecular formula is C14H17NO5. The van der Waals surface area contributed by atoms with Crippen LogP contribution in [0.4, 0.5) is 0 Å². The van der Waals surface area contributed by atoms with Crippen LogP contribution in [-0.4, -0.2) is 48.9 Å². The smallest absolute Gasteiger partial charge is 0.326 e. The Labute approximate surface area is 116 Å². The number of hydrogen-bond acceptors (Lipinski definition) is 4. The molecule has 2 N–H and O–H groups in total. The molecule has 6 nitrogen and oxygen atoms in total. The van der Waals surface area contributed by atoms with Crippen LogP contribution in [0.1, 0.15) is 5.56 Å². The van der Waals surface area contributed by atoms with E-state index in [1.165, 1.54) is 0 Å². The molecule has 0 saturated carbocycles. The van der Waals surface area contributed by atoms with Crippen molar-refractivity contribution >= 4 is 11.9 Å². The molecule has 1 unspecified atom stereocenters. The molecule has 1 aromatic carbocycles. The monoisotopic (exact) mass is 279 g/mol. The second-order valence-corrected chi connectivity index (χ2v) is 4.52. The van der Waals surface area contributed by atoms with Crippen LogP contribution in [0.3, 0.4) is 0 Å². The van der Waals surface area contributed by atoms with Crippen molar-refractivity contribution in [1.29, 1.82) is 0 Å². The third-order valence-corrected chi connectivity index (χ3v) is 3.01. The van der Waals surface area contributed by atoms with Crippen LogP contribution in [0.25, 0.3) is 0 Å². The standard InChI is InChI=1S/C14H17NO5/c16-13(12-9-19-6-7-20-12)15-11(14(17)18)8-10-4-2-1-3-5-10/h1-5,11-12H,6-9H2,(H,15,16)(H,17,18)/t11-,12?/m0/s1. The number of amides is 1. The highest BCUT2D eigenvalue weighted by Crippen LogP contribution is 2.06. The van der Waals surface area contributed by atoms with Crippen LogP contribution in [0.15, 0.2) is 30.3 Å². The van der Waals surface area contributed by atoms with E-state index in [1.54, 1.807) is 0 Å². The molecule has 6 heteroatoms. The molecule has 108 valence electrons. The van der Waals surface area contributed by atoms with Gasteiger partial charge in [0.1, 0.15) is 6.04 Å². The van der Waals surface area contributed by atoms with Crippen molar-refractivity contribution in [2.24, 2.45) is 0 Å². The van der Waals surface area contributed by atoms with Crippen molar-refractivity contribution in [3.05, 3.63) is 35.9 Å². The molecule has 1 aliphatic rings. The number of rotatable bonds is 5. The summed E-state index contributed by atoms with van der Waals surface area (Å²) in [6.07, 6.45) is -0.503. The molecule has 2 atom stereocenters. The van der Waals surface area contributed by atoms with Crippen molar-refractivity contribution < 1.29 is 24.2 Å². The van der Waals surface area contributed by atoms with E-state index in [1.807, 2.05) is 30.3 Å². The molecule has 1 fully saturated rings. The van der Waals surface area contributed by atoms with Gasteiger partial charge in [0, 0.05) is 6.42 Å². The average Bonchev–Trinajstić information content (AvgIpc) is 2.48. The van der Waals surface area contributed by atoms with E-state index in [-0.39, 0.29) is 13.0 Å². The van der Waals surface area contributed by atoms with Crippen molar-refractivity contribution in [3.8, 4) is 0 Å². The fourth-order valence-electron chi connectivity index (χ4n) is 1.95. The predicted molar refractivity (Wildman–Crippen MR) is 70.3 cm³/mol. The lowest BCUT2D eigenvalue weighted by molar-refractivity contribution is -0.152. The maximum Gasteiger partial charge on any atom is 0.326 e. The minimum atomic E-state index is -1.07. The Kier molecular flexibility index (Phi) is 5.09. The van der Waals surface area contributed by atoms with E-state index >= 15 is 0 Å². The number of carboxylic acids is 1. The summed E-state index contributed by atoms with van der Waals surface area (Å²) in [5.41, 5.74) is 0.848. The minimum Gasteiger partial charge on any atom is -0.480 e. The first-order valence-electron chi connectivity index (χ1n) is 6.43. The molecule has 0 aliphatic carbocycles. The molecule has 2 rings (SSSR count). The molecule has 1 amide bonds. The third kappa shape index (κ3) is 4.04. The molecule has 0 aromatic heterocycles. The van der Waals surface area contributed by atoms with Crippen molar-refractivity contribution in [2.45, 2.75) is 18.6 Å². The van der Waals surface area contributed by atoms with E-state index in [2.05, 4.69) is 5.32 Å². The van der Waals surface area contributed by atoms with Gasteiger partial charge in [-0.15, -0.1) is 0 Å². The molecule has 0 spiro atoms. The number of aliphatic carboxylic acids is 1. The van der Waals surface area contributed by atoms with Gasteiger partial charge in [-0.3, -0.25) is 4.79 Å². The largest absolute Gasteiger partial charge is 0.480 e. The van der Waals surface area contributed by atoms with E-state index in [0.29, 0.717) is 13.2 Å². The number of hydrogen-bond donors (Lipinski definition) is 2. The first kappa shape index (κ1) is 14.5. The highest BCUT2D eigenvalue weighted by molar-refractivity contribution is 5.86. The van der Waals surface area contributed by atoms with Gasteiger partial charge in [-0.25, -0.2) is 4.79 Å². The SMILES string of the molecule is O=C(N[C@@H](Cc1ccccc1)C(=O)O)C1COCCO1. The first-order valence-corrected chi connectivity index (χ1v) is 6.43. The molecule has 0 bridgehead atoms. The van der Waals surface area contributed by atoms with Crippen LogP contribution in [-0.2, 0) is 25.5 Å². The second-order valence-electron chi connectivity index (χ2n) is 4.52. The predicted octanol–water partition coefficient (Wildman–Crippen LogP) is 0.214. The summed E-state index contributed by atoms with van der Waals surface area (Å²) in [5, 5.41) is 11.7. The fraction of sp³-hybridized carbons (Fsp3) is 0.429. The normalized spacial score (nSPS) is 20.1.